The first kappa shape index (κ1) is 10.5. The van der Waals surface area contributed by atoms with Crippen LogP contribution in [0.3, 0.4) is 0 Å². The molecule has 0 aromatic carbocycles. The van der Waals surface area contributed by atoms with Crippen LogP contribution in [0, 0.1) is 5.92 Å². The third kappa shape index (κ3) is 7.38. The van der Waals surface area contributed by atoms with Gasteiger partial charge in [-0.15, -0.1) is 6.58 Å². The van der Waals surface area contributed by atoms with Gasteiger partial charge in [0.25, 0.3) is 0 Å². The summed E-state index contributed by atoms with van der Waals surface area (Å²) in [5.41, 5.74) is 0. The molecule has 0 saturated heterocycles. The van der Waals surface area contributed by atoms with Crippen molar-refractivity contribution in [1.82, 2.24) is 0 Å². The van der Waals surface area contributed by atoms with E-state index < -0.39 is 0 Å². The van der Waals surface area contributed by atoms with Crippen molar-refractivity contribution in [2.24, 2.45) is 5.92 Å². The molecule has 11 heavy (non-hydrogen) atoms. The molecular weight excluding hydrogens is 132 g/mol. The van der Waals surface area contributed by atoms with Crippen molar-refractivity contribution >= 4 is 0 Å². The molecule has 0 aliphatic rings. The highest BCUT2D eigenvalue weighted by atomic mass is 14.0. The second kappa shape index (κ2) is 7.59. The Bertz CT molecular complexity index is 111. The van der Waals surface area contributed by atoms with Gasteiger partial charge in [-0.3, -0.25) is 0 Å². The zero-order valence-corrected chi connectivity index (χ0v) is 7.84. The molecule has 0 rings (SSSR count). The van der Waals surface area contributed by atoms with Crippen LogP contribution < -0.4 is 0 Å². The molecule has 0 spiro atoms. The molecule has 0 radical (unpaired) electrons. The lowest BCUT2D eigenvalue weighted by molar-refractivity contribution is 0.658. The molecule has 64 valence electrons. The van der Waals surface area contributed by atoms with Crippen molar-refractivity contribution in [2.75, 3.05) is 0 Å². The number of hydrogen-bond donors (Lipinski definition) is 0. The van der Waals surface area contributed by atoms with E-state index >= 15 is 0 Å². The normalized spacial score (nSPS) is 13.6. The molecule has 0 N–H and O–H groups in total. The molecule has 0 fully saturated rings. The number of rotatable bonds is 6. The van der Waals surface area contributed by atoms with Crippen LogP contribution in [0.4, 0.5) is 0 Å². The quantitative estimate of drug-likeness (QED) is 0.506. The van der Waals surface area contributed by atoms with Gasteiger partial charge in [-0.05, 0) is 25.2 Å². The topological polar surface area (TPSA) is 0 Å². The molecule has 0 heteroatoms. The lowest BCUT2D eigenvalue weighted by atomic mass is 10.1. The maximum atomic E-state index is 3.75. The van der Waals surface area contributed by atoms with Gasteiger partial charge >= 0.3 is 0 Å². The third-order valence-corrected chi connectivity index (χ3v) is 1.81. The maximum Gasteiger partial charge on any atom is -0.0262 e. The van der Waals surface area contributed by atoms with Crippen LogP contribution in [0.15, 0.2) is 24.8 Å². The molecule has 0 nitrogen and oxygen atoms in total. The monoisotopic (exact) mass is 152 g/mol. The van der Waals surface area contributed by atoms with Gasteiger partial charge in [0, 0.05) is 0 Å². The van der Waals surface area contributed by atoms with Crippen LogP contribution in [0.2, 0.25) is 0 Å². The van der Waals surface area contributed by atoms with Gasteiger partial charge in [0.05, 0.1) is 0 Å². The summed E-state index contributed by atoms with van der Waals surface area (Å²) >= 11 is 0. The van der Waals surface area contributed by atoms with Crippen LogP contribution >= 0.6 is 0 Å². The summed E-state index contributed by atoms with van der Waals surface area (Å²) < 4.78 is 0. The molecule has 0 saturated carbocycles. The molecule has 0 amide bonds. The van der Waals surface area contributed by atoms with Crippen LogP contribution in [-0.4, -0.2) is 0 Å². The van der Waals surface area contributed by atoms with Gasteiger partial charge < -0.3 is 0 Å². The van der Waals surface area contributed by atoms with Crippen LogP contribution in [0.25, 0.3) is 0 Å². The summed E-state index contributed by atoms with van der Waals surface area (Å²) in [6, 6.07) is 0. The van der Waals surface area contributed by atoms with E-state index in [1.54, 1.807) is 0 Å². The summed E-state index contributed by atoms with van der Waals surface area (Å²) in [7, 11) is 0. The molecule has 0 aromatic rings. The Hall–Kier alpha value is -0.520. The highest BCUT2D eigenvalue weighted by molar-refractivity contribution is 4.84. The largest absolute Gasteiger partial charge is 0.103 e. The van der Waals surface area contributed by atoms with Crippen molar-refractivity contribution in [3.05, 3.63) is 24.8 Å². The van der Waals surface area contributed by atoms with Crippen molar-refractivity contribution < 1.29 is 0 Å². The summed E-state index contributed by atoms with van der Waals surface area (Å²) in [5, 5.41) is 0. The average Bonchev–Trinajstić information content (AvgIpc) is 2.04. The first-order valence-corrected chi connectivity index (χ1v) is 4.58. The second-order valence-electron chi connectivity index (χ2n) is 3.05. The van der Waals surface area contributed by atoms with Crippen LogP contribution in [0.1, 0.15) is 39.5 Å². The molecule has 0 aliphatic carbocycles. The zero-order chi connectivity index (χ0) is 8.53. The third-order valence-electron chi connectivity index (χ3n) is 1.81. The summed E-state index contributed by atoms with van der Waals surface area (Å²) in [6.07, 6.45) is 11.5. The predicted molar refractivity (Wildman–Crippen MR) is 52.6 cm³/mol. The Morgan fingerprint density at radius 1 is 1.27 bits per heavy atom. The number of hydrogen-bond acceptors (Lipinski definition) is 0. The predicted octanol–water partition coefficient (Wildman–Crippen LogP) is 3.95. The minimum atomic E-state index is 0.668. The van der Waals surface area contributed by atoms with Gasteiger partial charge in [0.15, 0.2) is 0 Å². The molecular formula is C11H20. The van der Waals surface area contributed by atoms with E-state index in [0.717, 1.165) is 0 Å². The van der Waals surface area contributed by atoms with Gasteiger partial charge in [0.1, 0.15) is 0 Å². The minimum Gasteiger partial charge on any atom is -0.103 e. The van der Waals surface area contributed by atoms with Crippen molar-refractivity contribution in [1.29, 1.82) is 0 Å². The fourth-order valence-corrected chi connectivity index (χ4v) is 0.879. The minimum absolute atomic E-state index is 0.668. The Labute approximate surface area is 71.0 Å². The maximum absolute atomic E-state index is 3.75. The molecule has 0 heterocycles. The Morgan fingerprint density at radius 2 is 1.91 bits per heavy atom. The zero-order valence-electron chi connectivity index (χ0n) is 7.84. The highest BCUT2D eigenvalue weighted by Crippen LogP contribution is 2.06. The smallest absolute Gasteiger partial charge is 0.0262 e. The van der Waals surface area contributed by atoms with Crippen LogP contribution in [-0.2, 0) is 0 Å². The number of unbranched alkanes of at least 4 members (excludes halogenated alkanes) is 1. The van der Waals surface area contributed by atoms with E-state index in [1.165, 1.54) is 25.7 Å². The van der Waals surface area contributed by atoms with E-state index in [-0.39, 0.29) is 0 Å². The van der Waals surface area contributed by atoms with E-state index in [1.807, 2.05) is 6.08 Å². The summed E-state index contributed by atoms with van der Waals surface area (Å²) in [4.78, 5) is 0. The summed E-state index contributed by atoms with van der Waals surface area (Å²) in [5.74, 6) is 0.668. The Morgan fingerprint density at radius 3 is 2.45 bits per heavy atom. The van der Waals surface area contributed by atoms with E-state index in [4.69, 9.17) is 0 Å². The lowest BCUT2D eigenvalue weighted by Crippen LogP contribution is -1.85. The van der Waals surface area contributed by atoms with E-state index in [0.29, 0.717) is 5.92 Å². The molecule has 0 bridgehead atoms. The lowest BCUT2D eigenvalue weighted by Gasteiger charge is -2.00. The second-order valence-corrected chi connectivity index (χ2v) is 3.05. The first-order chi connectivity index (χ1) is 5.31. The summed E-state index contributed by atoms with van der Waals surface area (Å²) in [6.45, 7) is 8.17. The molecule has 1 atom stereocenters. The van der Waals surface area contributed by atoms with Crippen molar-refractivity contribution in [3.63, 3.8) is 0 Å². The van der Waals surface area contributed by atoms with E-state index in [9.17, 15) is 0 Å². The Kier molecular flexibility index (Phi) is 7.23. The van der Waals surface area contributed by atoms with Crippen molar-refractivity contribution in [2.45, 2.75) is 39.5 Å². The molecule has 0 aromatic heterocycles. The number of allylic oxidation sites excluding steroid dienone is 3. The van der Waals surface area contributed by atoms with Crippen molar-refractivity contribution in [3.8, 4) is 0 Å². The highest BCUT2D eigenvalue weighted by Gasteiger charge is 1.91. The molecule has 0 aliphatic heterocycles. The van der Waals surface area contributed by atoms with Crippen LogP contribution in [0.5, 0.6) is 0 Å². The fraction of sp³-hybridized carbons (Fsp3) is 0.636. The standard InChI is InChI=1S/C11H20/c1-4-6-7-8-9-10-11(3)5-2/h5,7-8,11H,2,4,6,9-10H2,1,3H3/b8-7+. The molecule has 1 unspecified atom stereocenters. The first-order valence-electron chi connectivity index (χ1n) is 4.58. The van der Waals surface area contributed by atoms with E-state index in [2.05, 4.69) is 32.6 Å². The fourth-order valence-electron chi connectivity index (χ4n) is 0.879. The van der Waals surface area contributed by atoms with Gasteiger partial charge in [-0.1, -0.05) is 38.5 Å². The van der Waals surface area contributed by atoms with Gasteiger partial charge in [-0.25, -0.2) is 0 Å². The van der Waals surface area contributed by atoms with Gasteiger partial charge in [-0.2, -0.15) is 0 Å². The van der Waals surface area contributed by atoms with Gasteiger partial charge in [0.2, 0.25) is 0 Å². The average molecular weight is 152 g/mol. The Balaban J connectivity index is 3.18. The SMILES string of the molecule is C=CC(C)CC/C=C/CCC.